The van der Waals surface area contributed by atoms with E-state index in [0.717, 1.165) is 55.5 Å². The van der Waals surface area contributed by atoms with Gasteiger partial charge in [0.2, 0.25) is 0 Å². The topological polar surface area (TPSA) is 47.6 Å². The van der Waals surface area contributed by atoms with E-state index in [9.17, 15) is 4.79 Å². The summed E-state index contributed by atoms with van der Waals surface area (Å²) in [6.45, 7) is 6.82. The first-order valence-corrected chi connectivity index (χ1v) is 10.2. The molecule has 2 aliphatic rings. The Hall–Kier alpha value is -1.55. The Balaban J connectivity index is 1.66. The molecule has 0 atom stereocenters. The summed E-state index contributed by atoms with van der Waals surface area (Å²) in [7, 11) is 0. The Kier molecular flexibility index (Phi) is 6.23. The summed E-state index contributed by atoms with van der Waals surface area (Å²) in [4.78, 5) is 13.0. The van der Waals surface area contributed by atoms with Gasteiger partial charge < -0.3 is 14.8 Å². The van der Waals surface area contributed by atoms with Crippen molar-refractivity contribution >= 4 is 11.6 Å². The molecule has 26 heavy (non-hydrogen) atoms. The summed E-state index contributed by atoms with van der Waals surface area (Å²) in [5.41, 5.74) is 1.22. The number of carbonyl (C=O) groups excluding carboxylic acids is 1. The molecule has 3 rings (SSSR count). The molecule has 1 amide bonds. The molecular weight excluding hydrogens is 326 g/mol. The first kappa shape index (κ1) is 19.2. The van der Waals surface area contributed by atoms with Gasteiger partial charge in [0.25, 0.3) is 5.91 Å². The number of aryl methyl sites for hydroxylation is 1. The third-order valence-corrected chi connectivity index (χ3v) is 5.95. The zero-order valence-corrected chi connectivity index (χ0v) is 16.5. The van der Waals surface area contributed by atoms with E-state index in [1.54, 1.807) is 0 Å². The van der Waals surface area contributed by atoms with Crippen LogP contribution in [0.1, 0.15) is 70.8 Å². The maximum Gasteiger partial charge on any atom is 0.256 e. The molecule has 0 radical (unpaired) electrons. The van der Waals surface area contributed by atoms with E-state index in [1.807, 2.05) is 32.0 Å². The molecule has 1 aromatic carbocycles. The largest absolute Gasteiger partial charge is 0.490 e. The van der Waals surface area contributed by atoms with E-state index < -0.39 is 5.60 Å². The Morgan fingerprint density at radius 2 is 1.88 bits per heavy atom. The molecule has 0 spiro atoms. The third-order valence-electron chi connectivity index (χ3n) is 5.95. The Morgan fingerprint density at radius 3 is 2.50 bits per heavy atom. The highest BCUT2D eigenvalue weighted by atomic mass is 16.5. The van der Waals surface area contributed by atoms with Crippen LogP contribution in [0, 0.1) is 12.8 Å². The monoisotopic (exact) mass is 359 g/mol. The van der Waals surface area contributed by atoms with Crippen LogP contribution in [0.2, 0.25) is 0 Å². The zero-order chi connectivity index (χ0) is 18.6. The van der Waals surface area contributed by atoms with E-state index in [4.69, 9.17) is 9.47 Å². The van der Waals surface area contributed by atoms with Crippen molar-refractivity contribution in [3.8, 4) is 5.75 Å². The maximum atomic E-state index is 13.0. The molecule has 0 heterocycles. The van der Waals surface area contributed by atoms with E-state index >= 15 is 0 Å². The Bertz CT molecular complexity index is 614. The number of amides is 1. The highest BCUT2D eigenvalue weighted by molar-refractivity contribution is 5.97. The zero-order valence-electron chi connectivity index (χ0n) is 16.5. The van der Waals surface area contributed by atoms with Gasteiger partial charge in [-0.3, -0.25) is 4.79 Å². The average Bonchev–Trinajstić information content (AvgIpc) is 3.13. The number of benzene rings is 1. The smallest absolute Gasteiger partial charge is 0.256 e. The van der Waals surface area contributed by atoms with Crippen molar-refractivity contribution in [2.24, 2.45) is 5.92 Å². The van der Waals surface area contributed by atoms with Gasteiger partial charge in [-0.05, 0) is 94.9 Å². The number of anilines is 1. The number of rotatable bonds is 6. The molecule has 2 aliphatic carbocycles. The van der Waals surface area contributed by atoms with Crippen molar-refractivity contribution < 1.29 is 14.3 Å². The summed E-state index contributed by atoms with van der Waals surface area (Å²) >= 11 is 0. The number of nitrogens with one attached hydrogen (secondary N) is 1. The Morgan fingerprint density at radius 1 is 1.19 bits per heavy atom. The van der Waals surface area contributed by atoms with Gasteiger partial charge >= 0.3 is 0 Å². The van der Waals surface area contributed by atoms with E-state index in [1.165, 1.54) is 12.8 Å². The number of carbonyl (C=O) groups is 1. The number of ether oxygens (including phenoxy) is 2. The first-order valence-electron chi connectivity index (χ1n) is 10.2. The van der Waals surface area contributed by atoms with Crippen LogP contribution in [0.25, 0.3) is 0 Å². The van der Waals surface area contributed by atoms with Crippen LogP contribution in [0.4, 0.5) is 5.69 Å². The highest BCUT2D eigenvalue weighted by Gasteiger charge is 2.41. The second kappa shape index (κ2) is 8.43. The van der Waals surface area contributed by atoms with Crippen LogP contribution in [-0.2, 0) is 9.53 Å². The van der Waals surface area contributed by atoms with Gasteiger partial charge in [-0.15, -0.1) is 0 Å². The van der Waals surface area contributed by atoms with Crippen molar-refractivity contribution in [3.63, 3.8) is 0 Å². The van der Waals surface area contributed by atoms with Gasteiger partial charge in [-0.1, -0.05) is 6.92 Å². The standard InChI is InChI=1S/C22H33NO3/c1-4-25-22(13-11-16(2)12-14-22)21(24)23-18-9-10-20(17(3)15-18)26-19-7-5-6-8-19/h9-10,15-16,19H,4-8,11-14H2,1-3H3,(H,23,24). The average molecular weight is 360 g/mol. The van der Waals surface area contributed by atoms with Crippen LogP contribution < -0.4 is 10.1 Å². The molecule has 4 heteroatoms. The van der Waals surface area contributed by atoms with E-state index in [-0.39, 0.29) is 5.91 Å². The Labute approximate surface area is 157 Å². The lowest BCUT2D eigenvalue weighted by atomic mass is 9.78. The lowest BCUT2D eigenvalue weighted by Crippen LogP contribution is -2.48. The fraction of sp³-hybridized carbons (Fsp3) is 0.682. The van der Waals surface area contributed by atoms with Crippen molar-refractivity contribution in [1.82, 2.24) is 0 Å². The quantitative estimate of drug-likeness (QED) is 0.755. The maximum absolute atomic E-state index is 13.0. The van der Waals surface area contributed by atoms with Crippen LogP contribution >= 0.6 is 0 Å². The second-order valence-electron chi connectivity index (χ2n) is 8.07. The van der Waals surface area contributed by atoms with Crippen molar-refractivity contribution in [3.05, 3.63) is 23.8 Å². The van der Waals surface area contributed by atoms with Gasteiger partial charge in [-0.25, -0.2) is 0 Å². The highest BCUT2D eigenvalue weighted by Crippen LogP contribution is 2.36. The summed E-state index contributed by atoms with van der Waals surface area (Å²) in [5, 5.41) is 3.09. The number of hydrogen-bond donors (Lipinski definition) is 1. The van der Waals surface area contributed by atoms with Crippen LogP contribution in [-0.4, -0.2) is 24.2 Å². The molecule has 2 saturated carbocycles. The normalized spacial score (nSPS) is 26.7. The lowest BCUT2D eigenvalue weighted by molar-refractivity contribution is -0.146. The summed E-state index contributed by atoms with van der Waals surface area (Å²) in [6.07, 6.45) is 8.85. The fourth-order valence-electron chi connectivity index (χ4n) is 4.23. The van der Waals surface area contributed by atoms with Crippen molar-refractivity contribution in [1.29, 1.82) is 0 Å². The molecule has 0 aromatic heterocycles. The molecule has 0 saturated heterocycles. The molecule has 0 aliphatic heterocycles. The van der Waals surface area contributed by atoms with Crippen LogP contribution in [0.5, 0.6) is 5.75 Å². The summed E-state index contributed by atoms with van der Waals surface area (Å²) in [6, 6.07) is 5.94. The molecule has 1 aromatic rings. The van der Waals surface area contributed by atoms with Gasteiger partial charge in [0.15, 0.2) is 0 Å². The number of hydrogen-bond acceptors (Lipinski definition) is 3. The van der Waals surface area contributed by atoms with Gasteiger partial charge in [-0.2, -0.15) is 0 Å². The summed E-state index contributed by atoms with van der Waals surface area (Å²) < 4.78 is 12.1. The van der Waals surface area contributed by atoms with Crippen molar-refractivity contribution in [2.45, 2.75) is 83.8 Å². The van der Waals surface area contributed by atoms with Crippen molar-refractivity contribution in [2.75, 3.05) is 11.9 Å². The predicted molar refractivity (Wildman–Crippen MR) is 105 cm³/mol. The molecule has 1 N–H and O–H groups in total. The fourth-order valence-corrected chi connectivity index (χ4v) is 4.23. The molecule has 2 fully saturated rings. The summed E-state index contributed by atoms with van der Waals surface area (Å²) in [5.74, 6) is 1.60. The molecule has 4 nitrogen and oxygen atoms in total. The molecule has 144 valence electrons. The third kappa shape index (κ3) is 4.40. The SMILES string of the molecule is CCOC1(C(=O)Nc2ccc(OC3CCCC3)c(C)c2)CCC(C)CC1. The van der Waals surface area contributed by atoms with Crippen LogP contribution in [0.15, 0.2) is 18.2 Å². The first-order chi connectivity index (χ1) is 12.5. The lowest BCUT2D eigenvalue weighted by Gasteiger charge is -2.37. The van der Waals surface area contributed by atoms with Crippen LogP contribution in [0.3, 0.4) is 0 Å². The molecular formula is C22H33NO3. The van der Waals surface area contributed by atoms with E-state index in [0.29, 0.717) is 18.6 Å². The molecule has 0 unspecified atom stereocenters. The molecule has 0 bridgehead atoms. The minimum atomic E-state index is -0.672. The minimum Gasteiger partial charge on any atom is -0.490 e. The second-order valence-corrected chi connectivity index (χ2v) is 8.07. The predicted octanol–water partition coefficient (Wildman–Crippen LogP) is 5.24. The van der Waals surface area contributed by atoms with Gasteiger partial charge in [0, 0.05) is 12.3 Å². The van der Waals surface area contributed by atoms with E-state index in [2.05, 4.69) is 12.2 Å². The van der Waals surface area contributed by atoms with Gasteiger partial charge in [0.1, 0.15) is 11.4 Å². The van der Waals surface area contributed by atoms with Gasteiger partial charge in [0.05, 0.1) is 6.10 Å². The minimum absolute atomic E-state index is 0.00453.